The van der Waals surface area contributed by atoms with E-state index in [1.807, 2.05) is 86.6 Å². The number of hydrogen-bond acceptors (Lipinski definition) is 5. The maximum Gasteiger partial charge on any atom is 0.252 e. The van der Waals surface area contributed by atoms with Crippen LogP contribution in [-0.2, 0) is 5.54 Å². The van der Waals surface area contributed by atoms with E-state index in [4.69, 9.17) is 9.47 Å². The Morgan fingerprint density at radius 1 is 1.00 bits per heavy atom. The topological polar surface area (TPSA) is 79.9 Å². The fraction of sp³-hybridized carbons (Fsp3) is 0.286. The van der Waals surface area contributed by atoms with Gasteiger partial charge >= 0.3 is 0 Å². The summed E-state index contributed by atoms with van der Waals surface area (Å²) in [7, 11) is 7.12. The zero-order valence-corrected chi connectivity index (χ0v) is 20.5. The first kappa shape index (κ1) is 22.8. The summed E-state index contributed by atoms with van der Waals surface area (Å²) in [6, 6.07) is 18.4. The molecule has 0 saturated carbocycles. The molecule has 0 aromatic heterocycles. The molecule has 5 rings (SSSR count). The second-order valence-electron chi connectivity index (χ2n) is 9.28. The van der Waals surface area contributed by atoms with Gasteiger partial charge in [0.05, 0.1) is 25.8 Å². The Labute approximate surface area is 205 Å². The first-order valence-electron chi connectivity index (χ1n) is 11.6. The molecule has 0 bridgehead atoms. The lowest BCUT2D eigenvalue weighted by Crippen LogP contribution is -2.46. The number of fused-ring (bicyclic) bond motifs is 4. The van der Waals surface area contributed by atoms with Crippen molar-refractivity contribution in [3.63, 3.8) is 0 Å². The summed E-state index contributed by atoms with van der Waals surface area (Å²) in [4.78, 5) is 28.4. The number of benzene rings is 3. The summed E-state index contributed by atoms with van der Waals surface area (Å²) < 4.78 is 11.3. The minimum absolute atomic E-state index is 0.133. The summed E-state index contributed by atoms with van der Waals surface area (Å²) >= 11 is 0. The second-order valence-corrected chi connectivity index (χ2v) is 9.28. The van der Waals surface area contributed by atoms with Gasteiger partial charge < -0.3 is 25.0 Å². The maximum absolute atomic E-state index is 13.4. The first-order valence-corrected chi connectivity index (χ1v) is 11.6. The number of rotatable bonds is 5. The van der Waals surface area contributed by atoms with E-state index in [-0.39, 0.29) is 17.7 Å². The largest absolute Gasteiger partial charge is 0.497 e. The lowest BCUT2D eigenvalue weighted by molar-refractivity contribution is 0.0895. The lowest BCUT2D eigenvalue weighted by atomic mass is 9.78. The van der Waals surface area contributed by atoms with E-state index in [2.05, 4.69) is 10.6 Å². The van der Waals surface area contributed by atoms with Crippen LogP contribution in [0.5, 0.6) is 11.5 Å². The highest BCUT2D eigenvalue weighted by atomic mass is 16.5. The molecule has 7 nitrogen and oxygen atoms in total. The van der Waals surface area contributed by atoms with Crippen molar-refractivity contribution in [1.29, 1.82) is 0 Å². The summed E-state index contributed by atoms with van der Waals surface area (Å²) in [5.74, 6) is 0.709. The van der Waals surface area contributed by atoms with Crippen molar-refractivity contribution in [3.05, 3.63) is 88.5 Å². The van der Waals surface area contributed by atoms with Gasteiger partial charge in [-0.2, -0.15) is 0 Å². The molecule has 2 aliphatic rings. The van der Waals surface area contributed by atoms with Crippen LogP contribution in [0, 0.1) is 5.92 Å². The highest BCUT2D eigenvalue weighted by Crippen LogP contribution is 2.57. The van der Waals surface area contributed by atoms with E-state index in [1.165, 1.54) is 0 Å². The van der Waals surface area contributed by atoms with Crippen molar-refractivity contribution in [1.82, 2.24) is 10.6 Å². The highest BCUT2D eigenvalue weighted by molar-refractivity contribution is 6.01. The fourth-order valence-electron chi connectivity index (χ4n) is 5.52. The van der Waals surface area contributed by atoms with Gasteiger partial charge in [0.1, 0.15) is 11.5 Å². The van der Waals surface area contributed by atoms with E-state index >= 15 is 0 Å². The van der Waals surface area contributed by atoms with Crippen LogP contribution in [-0.4, -0.2) is 40.1 Å². The van der Waals surface area contributed by atoms with E-state index < -0.39 is 11.6 Å². The van der Waals surface area contributed by atoms with Crippen molar-refractivity contribution in [2.75, 3.05) is 33.2 Å². The smallest absolute Gasteiger partial charge is 0.252 e. The molecule has 0 radical (unpaired) electrons. The Bertz CT molecular complexity index is 1320. The minimum atomic E-state index is -0.822. The van der Waals surface area contributed by atoms with Gasteiger partial charge in [0, 0.05) is 48.5 Å². The van der Waals surface area contributed by atoms with E-state index in [9.17, 15) is 9.59 Å². The van der Waals surface area contributed by atoms with Crippen LogP contribution in [0.15, 0.2) is 60.7 Å². The Balaban J connectivity index is 1.63. The Morgan fingerprint density at radius 3 is 2.37 bits per heavy atom. The quantitative estimate of drug-likeness (QED) is 0.591. The van der Waals surface area contributed by atoms with Crippen LogP contribution >= 0.6 is 0 Å². The number of ether oxygens (including phenoxy) is 2. The molecule has 1 aliphatic carbocycles. The van der Waals surface area contributed by atoms with Crippen LogP contribution in [0.3, 0.4) is 0 Å². The van der Waals surface area contributed by atoms with Crippen LogP contribution in [0.4, 0.5) is 5.69 Å². The van der Waals surface area contributed by atoms with Crippen LogP contribution in [0.2, 0.25) is 0 Å². The minimum Gasteiger partial charge on any atom is -0.497 e. The van der Waals surface area contributed by atoms with Crippen molar-refractivity contribution < 1.29 is 19.1 Å². The predicted octanol–water partition coefficient (Wildman–Crippen LogP) is 3.88. The van der Waals surface area contributed by atoms with Crippen LogP contribution in [0.25, 0.3) is 0 Å². The van der Waals surface area contributed by atoms with Gasteiger partial charge in [0.15, 0.2) is 0 Å². The molecule has 1 aliphatic heterocycles. The lowest BCUT2D eigenvalue weighted by Gasteiger charge is -2.33. The predicted molar refractivity (Wildman–Crippen MR) is 134 cm³/mol. The third kappa shape index (κ3) is 3.33. The van der Waals surface area contributed by atoms with Crippen LogP contribution < -0.4 is 25.0 Å². The number of anilines is 1. The number of hydrogen-bond donors (Lipinski definition) is 2. The number of methoxy groups -OCH3 is 2. The molecular weight excluding hydrogens is 442 g/mol. The highest BCUT2D eigenvalue weighted by Gasteiger charge is 2.57. The second kappa shape index (κ2) is 8.34. The molecule has 35 heavy (non-hydrogen) atoms. The Morgan fingerprint density at radius 2 is 1.71 bits per heavy atom. The average Bonchev–Trinajstić information content (AvgIpc) is 3.30. The van der Waals surface area contributed by atoms with E-state index in [0.29, 0.717) is 22.6 Å². The zero-order chi connectivity index (χ0) is 24.9. The molecule has 0 fully saturated rings. The standard InChI is InChI=1S/C28H29N3O4/c1-16-25(29-26(32)17-10-12-18(13-11-17)31(2)3)24-22(14-19(34-4)15-23(24)35-5)28(16)21-9-7-6-8-20(21)27(33)30-28/h6-16,25H,1-5H3,(H,29,32)(H,30,33)/t16-,25-,28+/m0/s1. The Hall–Kier alpha value is -4.00. The Kier molecular flexibility index (Phi) is 5.43. The normalized spacial score (nSPS) is 21.8. The van der Waals surface area contributed by atoms with Crippen molar-refractivity contribution in [2.24, 2.45) is 5.92 Å². The molecular formula is C28H29N3O4. The monoisotopic (exact) mass is 471 g/mol. The number of nitrogens with zero attached hydrogens (tertiary/aromatic N) is 1. The third-order valence-electron chi connectivity index (χ3n) is 7.33. The molecule has 3 aromatic carbocycles. The maximum atomic E-state index is 13.4. The molecule has 0 saturated heterocycles. The van der Waals surface area contributed by atoms with Gasteiger partial charge in [0.2, 0.25) is 0 Å². The fourth-order valence-corrected chi connectivity index (χ4v) is 5.52. The molecule has 1 heterocycles. The van der Waals surface area contributed by atoms with Gasteiger partial charge in [-0.25, -0.2) is 0 Å². The van der Waals surface area contributed by atoms with Crippen molar-refractivity contribution in [2.45, 2.75) is 18.5 Å². The summed E-state index contributed by atoms with van der Waals surface area (Å²) in [6.07, 6.45) is 0. The van der Waals surface area contributed by atoms with Crippen molar-refractivity contribution >= 4 is 17.5 Å². The molecule has 3 atom stereocenters. The summed E-state index contributed by atoms with van der Waals surface area (Å²) in [5, 5.41) is 6.49. The summed E-state index contributed by atoms with van der Waals surface area (Å²) in [5.41, 5.74) is 3.99. The van der Waals surface area contributed by atoms with Crippen molar-refractivity contribution in [3.8, 4) is 11.5 Å². The molecule has 2 N–H and O–H groups in total. The molecule has 180 valence electrons. The molecule has 7 heteroatoms. The molecule has 3 aromatic rings. The number of amides is 2. The number of carbonyl (C=O) groups is 2. The number of carbonyl (C=O) groups excluding carboxylic acids is 2. The van der Waals surface area contributed by atoms with Gasteiger partial charge in [-0.3, -0.25) is 9.59 Å². The zero-order valence-electron chi connectivity index (χ0n) is 20.5. The van der Waals surface area contributed by atoms with Gasteiger partial charge in [-0.1, -0.05) is 25.1 Å². The van der Waals surface area contributed by atoms with Gasteiger partial charge in [-0.05, 0) is 47.5 Å². The SMILES string of the molecule is COc1cc(OC)c2c(c1)[C@@]1(NC(=O)c3ccccc31)[C@@H](C)[C@@H]2NC(=O)c1ccc(N(C)C)cc1. The van der Waals surface area contributed by atoms with Gasteiger partial charge in [0.25, 0.3) is 11.8 Å². The van der Waals surface area contributed by atoms with E-state index in [1.54, 1.807) is 14.2 Å². The number of nitrogens with one attached hydrogen (secondary N) is 2. The first-order chi connectivity index (χ1) is 16.8. The average molecular weight is 472 g/mol. The molecule has 0 unspecified atom stereocenters. The van der Waals surface area contributed by atoms with Crippen LogP contribution in [0.1, 0.15) is 50.4 Å². The third-order valence-corrected chi connectivity index (χ3v) is 7.33. The van der Waals surface area contributed by atoms with E-state index in [0.717, 1.165) is 22.4 Å². The van der Waals surface area contributed by atoms with Gasteiger partial charge in [-0.15, -0.1) is 0 Å². The molecule has 1 spiro atoms. The molecule has 2 amide bonds. The summed E-state index contributed by atoms with van der Waals surface area (Å²) in [6.45, 7) is 2.05.